The Kier molecular flexibility index (Phi) is 18.3. The minimum Gasteiger partial charge on any atom is -0.401 e. The molecule has 0 unspecified atom stereocenters. The standard InChI is InChI=1S/C54H80BrClO4Si4/c1-13-61(14-2,15-3)57-51(35-39-53(40-36-51,47-27-25-29-49(55)43-47)59-63(19-7,20-8)21-9)45-31-33-46(34-32-45)52(58-62(16-4,17-5)18-6)37-41-54(42-38-52,48-28-26-30-50(56)44-48)60-64(22-10,23-11)24-12/h25-44H,13-24H2,1-12H3. The lowest BCUT2D eigenvalue weighted by Gasteiger charge is -2.46. The monoisotopic (exact) mass is 1020 g/mol. The molecule has 0 saturated heterocycles. The van der Waals surface area contributed by atoms with Crippen molar-refractivity contribution < 1.29 is 17.7 Å². The zero-order chi connectivity index (χ0) is 46.9. The maximum absolute atomic E-state index is 7.71. The van der Waals surface area contributed by atoms with Crippen molar-refractivity contribution in [2.75, 3.05) is 0 Å². The fourth-order valence-corrected chi connectivity index (χ4v) is 22.4. The van der Waals surface area contributed by atoms with Gasteiger partial charge in [-0.3, -0.25) is 0 Å². The van der Waals surface area contributed by atoms with Crippen LogP contribution in [0.2, 0.25) is 77.6 Å². The van der Waals surface area contributed by atoms with Gasteiger partial charge in [0.05, 0.1) is 0 Å². The third kappa shape index (κ3) is 10.7. The maximum Gasteiger partial charge on any atom is 0.194 e. The normalized spacial score (nSPS) is 23.8. The molecule has 3 aromatic carbocycles. The van der Waals surface area contributed by atoms with E-state index in [2.05, 4.69) is 208 Å². The van der Waals surface area contributed by atoms with Gasteiger partial charge in [-0.05, 0) is 168 Å². The number of hydrogen-bond donors (Lipinski definition) is 0. The number of benzene rings is 3. The second kappa shape index (κ2) is 22.0. The lowest BCUT2D eigenvalue weighted by atomic mass is 9.79. The largest absolute Gasteiger partial charge is 0.401 e. The molecule has 0 aliphatic heterocycles. The molecule has 2 aliphatic rings. The van der Waals surface area contributed by atoms with Crippen LogP contribution in [0.4, 0.5) is 0 Å². The molecule has 0 bridgehead atoms. The van der Waals surface area contributed by atoms with E-state index < -0.39 is 55.7 Å². The Morgan fingerprint density at radius 2 is 0.609 bits per heavy atom. The minimum absolute atomic E-state index is 0.699. The van der Waals surface area contributed by atoms with Gasteiger partial charge < -0.3 is 17.7 Å². The third-order valence-electron chi connectivity index (χ3n) is 15.9. The topological polar surface area (TPSA) is 36.9 Å². The first-order valence-electron chi connectivity index (χ1n) is 24.8. The predicted octanol–water partition coefficient (Wildman–Crippen LogP) is 17.6. The van der Waals surface area contributed by atoms with Crippen molar-refractivity contribution in [3.63, 3.8) is 0 Å². The van der Waals surface area contributed by atoms with E-state index in [1.165, 1.54) is 0 Å². The van der Waals surface area contributed by atoms with Crippen molar-refractivity contribution in [3.05, 3.63) is 153 Å². The van der Waals surface area contributed by atoms with Crippen molar-refractivity contribution in [2.45, 2.75) is 178 Å². The van der Waals surface area contributed by atoms with E-state index in [1.807, 2.05) is 12.1 Å². The molecule has 2 aliphatic carbocycles. The summed E-state index contributed by atoms with van der Waals surface area (Å²) in [6, 6.07) is 38.7. The number of hydrogen-bond acceptors (Lipinski definition) is 4. The van der Waals surface area contributed by atoms with Gasteiger partial charge in [-0.1, -0.05) is 159 Å². The average molecular weight is 1020 g/mol. The van der Waals surface area contributed by atoms with Gasteiger partial charge in [-0.25, -0.2) is 0 Å². The van der Waals surface area contributed by atoms with E-state index in [0.29, 0.717) is 5.02 Å². The molecule has 0 radical (unpaired) electrons. The Labute approximate surface area is 407 Å². The van der Waals surface area contributed by atoms with Crippen LogP contribution in [0.3, 0.4) is 0 Å². The van der Waals surface area contributed by atoms with E-state index in [9.17, 15) is 0 Å². The minimum atomic E-state index is -2.16. The van der Waals surface area contributed by atoms with Crippen LogP contribution in [-0.2, 0) is 40.1 Å². The van der Waals surface area contributed by atoms with Gasteiger partial charge in [0.2, 0.25) is 0 Å². The summed E-state index contributed by atoms with van der Waals surface area (Å²) in [5.41, 5.74) is 1.44. The Morgan fingerprint density at radius 3 is 0.859 bits per heavy atom. The van der Waals surface area contributed by atoms with Crippen LogP contribution in [0.15, 0.2) is 126 Å². The van der Waals surface area contributed by atoms with Gasteiger partial charge in [0, 0.05) is 9.50 Å². The highest BCUT2D eigenvalue weighted by Gasteiger charge is 2.48. The first kappa shape index (κ1) is 53.1. The van der Waals surface area contributed by atoms with Gasteiger partial charge in [0.25, 0.3) is 0 Å². The van der Waals surface area contributed by atoms with Gasteiger partial charge in [-0.15, -0.1) is 0 Å². The van der Waals surface area contributed by atoms with Crippen molar-refractivity contribution in [2.24, 2.45) is 0 Å². The van der Waals surface area contributed by atoms with Crippen molar-refractivity contribution in [1.29, 1.82) is 0 Å². The fraction of sp³-hybridized carbons (Fsp3) is 0.519. The predicted molar refractivity (Wildman–Crippen MR) is 288 cm³/mol. The summed E-state index contributed by atoms with van der Waals surface area (Å²) in [6.45, 7) is 27.7. The lowest BCUT2D eigenvalue weighted by Crippen LogP contribution is -2.48. The first-order valence-corrected chi connectivity index (χ1v) is 36.1. The molecule has 0 atom stereocenters. The summed E-state index contributed by atoms with van der Waals surface area (Å²) in [5, 5.41) is 0.711. The summed E-state index contributed by atoms with van der Waals surface area (Å²) in [4.78, 5) is 0. The summed E-state index contributed by atoms with van der Waals surface area (Å²) in [6.07, 6.45) is 18.6. The van der Waals surface area contributed by atoms with Crippen LogP contribution < -0.4 is 0 Å². The van der Waals surface area contributed by atoms with Crippen molar-refractivity contribution in [1.82, 2.24) is 0 Å². The van der Waals surface area contributed by atoms with E-state index in [1.54, 1.807) is 0 Å². The molecule has 5 rings (SSSR count). The molecule has 0 saturated carbocycles. The molecule has 0 amide bonds. The van der Waals surface area contributed by atoms with Gasteiger partial charge >= 0.3 is 0 Å². The lowest BCUT2D eigenvalue weighted by molar-refractivity contribution is 0.119. The molecule has 3 aromatic rings. The van der Waals surface area contributed by atoms with Gasteiger partial charge in [0.1, 0.15) is 22.4 Å². The molecule has 0 aromatic heterocycles. The van der Waals surface area contributed by atoms with Crippen LogP contribution in [0.1, 0.15) is 105 Å². The Morgan fingerprint density at radius 1 is 0.359 bits per heavy atom. The van der Waals surface area contributed by atoms with Crippen LogP contribution in [0.5, 0.6) is 0 Å². The van der Waals surface area contributed by atoms with Crippen LogP contribution in [-0.4, -0.2) is 33.3 Å². The van der Waals surface area contributed by atoms with Gasteiger partial charge in [-0.2, -0.15) is 0 Å². The molecule has 64 heavy (non-hydrogen) atoms. The second-order valence-corrected chi connectivity index (χ2v) is 38.6. The van der Waals surface area contributed by atoms with Crippen molar-refractivity contribution in [3.8, 4) is 0 Å². The highest BCUT2D eigenvalue weighted by atomic mass is 79.9. The van der Waals surface area contributed by atoms with Crippen molar-refractivity contribution >= 4 is 60.8 Å². The average Bonchev–Trinajstić information content (AvgIpc) is 3.35. The van der Waals surface area contributed by atoms with Crippen LogP contribution in [0, 0.1) is 0 Å². The fourth-order valence-electron chi connectivity index (χ4n) is 10.2. The highest BCUT2D eigenvalue weighted by Crippen LogP contribution is 2.49. The molecule has 350 valence electrons. The summed E-state index contributed by atoms with van der Waals surface area (Å²) >= 11 is 10.5. The molecule has 0 fully saturated rings. The molecule has 10 heteroatoms. The summed E-state index contributed by atoms with van der Waals surface area (Å²) in [7, 11) is -8.49. The second-order valence-electron chi connectivity index (χ2n) is 18.5. The first-order chi connectivity index (χ1) is 30.6. The Balaban J connectivity index is 1.70. The summed E-state index contributed by atoms with van der Waals surface area (Å²) in [5.74, 6) is 0. The highest BCUT2D eigenvalue weighted by molar-refractivity contribution is 9.10. The van der Waals surface area contributed by atoms with Crippen LogP contribution in [0.25, 0.3) is 0 Å². The quantitative estimate of drug-likeness (QED) is 0.0662. The molecular formula is C54H80BrClO4Si4. The smallest absolute Gasteiger partial charge is 0.194 e. The molecule has 0 spiro atoms. The third-order valence-corrected chi connectivity index (χ3v) is 35.2. The summed E-state index contributed by atoms with van der Waals surface area (Å²) < 4.78 is 31.5. The van der Waals surface area contributed by atoms with E-state index in [-0.39, 0.29) is 0 Å². The maximum atomic E-state index is 7.71. The Bertz CT molecular complexity index is 1890. The SMILES string of the molecule is CC[Si](CC)(CC)OC1(c2ccc(C3(O[Si](CC)(CC)CC)C=CC(O[Si](CC)(CC)CC)(c4cccc(Br)c4)C=C3)cc2)C=CC(O[Si](CC)(CC)CC)(c2cccc(Cl)c2)C=C1. The number of rotatable bonds is 24. The molecule has 0 heterocycles. The Hall–Kier alpha value is -1.90. The number of halogens is 2. The zero-order valence-corrected chi connectivity index (χ0v) is 47.8. The van der Waals surface area contributed by atoms with Crippen LogP contribution >= 0.6 is 27.5 Å². The molecule has 0 N–H and O–H groups in total. The zero-order valence-electron chi connectivity index (χ0n) is 41.4. The van der Waals surface area contributed by atoms with E-state index >= 15 is 0 Å². The van der Waals surface area contributed by atoms with E-state index in [0.717, 1.165) is 99.3 Å². The molecular weight excluding hydrogens is 940 g/mol. The molecule has 4 nitrogen and oxygen atoms in total. The van der Waals surface area contributed by atoms with Gasteiger partial charge in [0.15, 0.2) is 33.3 Å². The van der Waals surface area contributed by atoms with E-state index in [4.69, 9.17) is 29.3 Å².